The molecule has 2 aliphatic heterocycles. The molecule has 36 heavy (non-hydrogen) atoms. The average molecular weight is 502 g/mol. The van der Waals surface area contributed by atoms with Crippen LogP contribution in [0, 0.1) is 0 Å². The second-order valence-electron chi connectivity index (χ2n) is 9.20. The van der Waals surface area contributed by atoms with E-state index in [-0.39, 0.29) is 36.1 Å². The molecule has 2 unspecified atom stereocenters. The summed E-state index contributed by atoms with van der Waals surface area (Å²) in [7, 11) is 3.60. The van der Waals surface area contributed by atoms with Gasteiger partial charge in [-0.15, -0.1) is 0 Å². The van der Waals surface area contributed by atoms with Crippen LogP contribution in [0.25, 0.3) is 0 Å². The maximum Gasteiger partial charge on any atom is 0.412 e. The van der Waals surface area contributed by atoms with Gasteiger partial charge in [0.25, 0.3) is 11.8 Å². The second-order valence-corrected chi connectivity index (χ2v) is 9.20. The standard InChI is InChI=1S/C25H25F3N4O4/c1-31(2)12-14-4-3-5-15(10-14)21(25(26,27)28)30-22(34)16-6-7-18-17(11-16)13-32(24(18)36)19-8-9-20(33)29-23(19)35/h3-7,10-11,19,21H,8-9,12-13H2,1-2H3,(H,30,34)(H,29,33,35). The van der Waals surface area contributed by atoms with Crippen molar-refractivity contribution in [2.24, 2.45) is 0 Å². The van der Waals surface area contributed by atoms with E-state index in [0.29, 0.717) is 17.7 Å². The molecule has 2 heterocycles. The molecule has 0 radical (unpaired) electrons. The zero-order valence-electron chi connectivity index (χ0n) is 19.7. The van der Waals surface area contributed by atoms with Crippen LogP contribution in [0.15, 0.2) is 42.5 Å². The smallest absolute Gasteiger partial charge is 0.337 e. The Morgan fingerprint density at radius 3 is 2.58 bits per heavy atom. The van der Waals surface area contributed by atoms with E-state index < -0.39 is 41.9 Å². The molecule has 0 saturated carbocycles. The van der Waals surface area contributed by atoms with E-state index in [9.17, 15) is 32.3 Å². The summed E-state index contributed by atoms with van der Waals surface area (Å²) in [4.78, 5) is 52.4. The van der Waals surface area contributed by atoms with Gasteiger partial charge in [-0.1, -0.05) is 24.3 Å². The molecule has 4 amide bonds. The van der Waals surface area contributed by atoms with Gasteiger partial charge in [-0.05, 0) is 55.4 Å². The van der Waals surface area contributed by atoms with Crippen LogP contribution < -0.4 is 10.6 Å². The lowest BCUT2D eigenvalue weighted by atomic mass is 10.0. The summed E-state index contributed by atoms with van der Waals surface area (Å²) in [6.07, 6.45) is -4.46. The lowest BCUT2D eigenvalue weighted by Crippen LogP contribution is -2.52. The van der Waals surface area contributed by atoms with Crippen molar-refractivity contribution in [2.75, 3.05) is 14.1 Å². The number of piperidine rings is 1. The fraction of sp³-hybridized carbons (Fsp3) is 0.360. The number of fused-ring (bicyclic) bond motifs is 1. The van der Waals surface area contributed by atoms with Gasteiger partial charge in [0.05, 0.1) is 0 Å². The molecule has 1 saturated heterocycles. The normalized spacial score (nSPS) is 18.8. The third-order valence-corrected chi connectivity index (χ3v) is 6.17. The minimum atomic E-state index is -4.73. The third-order valence-electron chi connectivity index (χ3n) is 6.17. The van der Waals surface area contributed by atoms with E-state index >= 15 is 0 Å². The van der Waals surface area contributed by atoms with Crippen molar-refractivity contribution >= 4 is 23.6 Å². The quantitative estimate of drug-likeness (QED) is 0.592. The summed E-state index contributed by atoms with van der Waals surface area (Å²) in [6, 6.07) is 6.94. The number of halogens is 3. The minimum Gasteiger partial charge on any atom is -0.337 e. The molecule has 0 aliphatic carbocycles. The zero-order chi connectivity index (χ0) is 26.2. The topological polar surface area (TPSA) is 98.8 Å². The Balaban J connectivity index is 1.54. The number of nitrogens with one attached hydrogen (secondary N) is 2. The fourth-order valence-corrected chi connectivity index (χ4v) is 4.52. The number of hydrogen-bond donors (Lipinski definition) is 2. The summed E-state index contributed by atoms with van der Waals surface area (Å²) in [6.45, 7) is 0.450. The van der Waals surface area contributed by atoms with Gasteiger partial charge in [-0.2, -0.15) is 13.2 Å². The van der Waals surface area contributed by atoms with E-state index in [1.807, 2.05) is 4.90 Å². The van der Waals surface area contributed by atoms with Gasteiger partial charge in [0.15, 0.2) is 6.04 Å². The first kappa shape index (κ1) is 25.4. The molecule has 2 aliphatic rings. The van der Waals surface area contributed by atoms with E-state index in [2.05, 4.69) is 10.6 Å². The van der Waals surface area contributed by atoms with Crippen LogP contribution in [0.2, 0.25) is 0 Å². The van der Waals surface area contributed by atoms with Gasteiger partial charge >= 0.3 is 6.18 Å². The monoisotopic (exact) mass is 502 g/mol. The molecule has 4 rings (SSSR count). The summed E-state index contributed by atoms with van der Waals surface area (Å²) >= 11 is 0. The minimum absolute atomic E-state index is 0.0108. The number of alkyl halides is 3. The van der Waals surface area contributed by atoms with Crippen molar-refractivity contribution in [1.29, 1.82) is 0 Å². The zero-order valence-corrected chi connectivity index (χ0v) is 19.7. The van der Waals surface area contributed by atoms with Crippen molar-refractivity contribution < 1.29 is 32.3 Å². The van der Waals surface area contributed by atoms with Crippen LogP contribution >= 0.6 is 0 Å². The Kier molecular flexibility index (Phi) is 6.85. The van der Waals surface area contributed by atoms with Crippen LogP contribution in [0.4, 0.5) is 13.2 Å². The highest BCUT2D eigenvalue weighted by Gasteiger charge is 2.43. The Hall–Kier alpha value is -3.73. The lowest BCUT2D eigenvalue weighted by Gasteiger charge is -2.29. The van der Waals surface area contributed by atoms with Crippen molar-refractivity contribution in [2.45, 2.75) is 44.2 Å². The van der Waals surface area contributed by atoms with E-state index in [0.717, 1.165) is 0 Å². The predicted octanol–water partition coefficient (Wildman–Crippen LogP) is 2.54. The molecule has 0 spiro atoms. The molecule has 0 bridgehead atoms. The van der Waals surface area contributed by atoms with Gasteiger partial charge < -0.3 is 15.1 Å². The molecule has 0 aromatic heterocycles. The molecule has 11 heteroatoms. The van der Waals surface area contributed by atoms with Gasteiger partial charge in [0.2, 0.25) is 11.8 Å². The fourth-order valence-electron chi connectivity index (χ4n) is 4.52. The number of benzene rings is 2. The van der Waals surface area contributed by atoms with E-state index in [4.69, 9.17) is 0 Å². The van der Waals surface area contributed by atoms with Crippen molar-refractivity contribution in [1.82, 2.24) is 20.4 Å². The molecule has 2 N–H and O–H groups in total. The van der Waals surface area contributed by atoms with Crippen LogP contribution in [-0.4, -0.2) is 59.7 Å². The van der Waals surface area contributed by atoms with Gasteiger partial charge in [-0.3, -0.25) is 24.5 Å². The second kappa shape index (κ2) is 9.73. The van der Waals surface area contributed by atoms with Crippen molar-refractivity contribution in [3.63, 3.8) is 0 Å². The molecule has 2 aromatic rings. The highest BCUT2D eigenvalue weighted by Crippen LogP contribution is 2.34. The van der Waals surface area contributed by atoms with Crippen molar-refractivity contribution in [3.8, 4) is 0 Å². The van der Waals surface area contributed by atoms with Crippen LogP contribution in [0.3, 0.4) is 0 Å². The number of rotatable bonds is 6. The Morgan fingerprint density at radius 2 is 1.92 bits per heavy atom. The molecule has 1 fully saturated rings. The first-order valence-corrected chi connectivity index (χ1v) is 11.3. The molecule has 8 nitrogen and oxygen atoms in total. The highest BCUT2D eigenvalue weighted by atomic mass is 19.4. The summed E-state index contributed by atoms with van der Waals surface area (Å²) in [5.74, 6) is -2.36. The number of hydrogen-bond acceptors (Lipinski definition) is 5. The first-order valence-electron chi connectivity index (χ1n) is 11.3. The van der Waals surface area contributed by atoms with E-state index in [1.54, 1.807) is 20.2 Å². The lowest BCUT2D eigenvalue weighted by molar-refractivity contribution is -0.155. The van der Waals surface area contributed by atoms with Gasteiger partial charge in [0, 0.05) is 30.6 Å². The number of amides is 4. The number of carbonyl (C=O) groups is 4. The third kappa shape index (κ3) is 5.25. The number of nitrogens with zero attached hydrogens (tertiary/aromatic N) is 2. The van der Waals surface area contributed by atoms with Crippen molar-refractivity contribution in [3.05, 3.63) is 70.3 Å². The number of imide groups is 1. The van der Waals surface area contributed by atoms with Gasteiger partial charge in [-0.25, -0.2) is 0 Å². The largest absolute Gasteiger partial charge is 0.412 e. The molecular formula is C25H25F3N4O4. The highest BCUT2D eigenvalue weighted by molar-refractivity contribution is 6.06. The average Bonchev–Trinajstić information content (AvgIpc) is 3.11. The summed E-state index contributed by atoms with van der Waals surface area (Å²) in [5, 5.41) is 4.28. The maximum atomic E-state index is 13.9. The Morgan fingerprint density at radius 1 is 1.17 bits per heavy atom. The first-order chi connectivity index (χ1) is 16.9. The predicted molar refractivity (Wildman–Crippen MR) is 123 cm³/mol. The summed E-state index contributed by atoms with van der Waals surface area (Å²) < 4.78 is 41.8. The number of carbonyl (C=O) groups excluding carboxylic acids is 4. The summed E-state index contributed by atoms with van der Waals surface area (Å²) in [5.41, 5.74) is 1.24. The Labute approximate surface area is 205 Å². The van der Waals surface area contributed by atoms with Crippen LogP contribution in [-0.2, 0) is 22.7 Å². The SMILES string of the molecule is CN(C)Cc1cccc(C(NC(=O)c2ccc3c(c2)CN(C2CCC(=O)NC2=O)C3=O)C(F)(F)F)c1. The molecule has 2 atom stereocenters. The van der Waals surface area contributed by atoms with Crippen LogP contribution in [0.5, 0.6) is 0 Å². The Bertz CT molecular complexity index is 1230. The van der Waals surface area contributed by atoms with Gasteiger partial charge in [0.1, 0.15) is 6.04 Å². The molecule has 190 valence electrons. The molecule has 2 aromatic carbocycles. The van der Waals surface area contributed by atoms with Crippen LogP contribution in [0.1, 0.15) is 56.3 Å². The molecular weight excluding hydrogens is 477 g/mol. The van der Waals surface area contributed by atoms with E-state index in [1.165, 1.54) is 41.3 Å². The maximum absolute atomic E-state index is 13.9.